The van der Waals surface area contributed by atoms with Crippen molar-refractivity contribution in [2.75, 3.05) is 11.6 Å². The van der Waals surface area contributed by atoms with Gasteiger partial charge in [0.15, 0.2) is 5.65 Å². The SMILES string of the molecule is CSc1ccc(Cl)cc1-c1nn(C)cc1NC(=O)c1cnn2cccnc12. The maximum absolute atomic E-state index is 12.8. The van der Waals surface area contributed by atoms with E-state index >= 15 is 0 Å². The first-order chi connectivity index (χ1) is 13.1. The lowest BCUT2D eigenvalue weighted by Crippen LogP contribution is -2.12. The molecule has 0 atom stereocenters. The molecule has 1 amide bonds. The maximum Gasteiger partial charge on any atom is 0.261 e. The lowest BCUT2D eigenvalue weighted by atomic mass is 10.1. The molecule has 4 aromatic rings. The fourth-order valence-corrected chi connectivity index (χ4v) is 3.57. The number of hydrogen-bond donors (Lipinski definition) is 1. The number of benzene rings is 1. The molecule has 1 aromatic carbocycles. The first-order valence-electron chi connectivity index (χ1n) is 8.04. The van der Waals surface area contributed by atoms with Gasteiger partial charge in [0.05, 0.1) is 11.9 Å². The van der Waals surface area contributed by atoms with Crippen LogP contribution in [0.5, 0.6) is 0 Å². The molecule has 0 fully saturated rings. The van der Waals surface area contributed by atoms with Crippen LogP contribution in [-0.4, -0.2) is 36.5 Å². The van der Waals surface area contributed by atoms with Gasteiger partial charge in [-0.05, 0) is 30.5 Å². The van der Waals surface area contributed by atoms with E-state index in [1.807, 2.05) is 24.5 Å². The Hall–Kier alpha value is -2.84. The van der Waals surface area contributed by atoms with Crippen LogP contribution in [-0.2, 0) is 7.05 Å². The number of aryl methyl sites for hydroxylation is 1. The molecule has 0 aliphatic rings. The number of carbonyl (C=O) groups excluding carboxylic acids is 1. The summed E-state index contributed by atoms with van der Waals surface area (Å²) in [6.07, 6.45) is 8.61. The summed E-state index contributed by atoms with van der Waals surface area (Å²) < 4.78 is 3.21. The Kier molecular flexibility index (Phi) is 4.59. The Morgan fingerprint density at radius 3 is 3.00 bits per heavy atom. The van der Waals surface area contributed by atoms with Crippen molar-refractivity contribution in [2.45, 2.75) is 4.90 Å². The van der Waals surface area contributed by atoms with E-state index in [-0.39, 0.29) is 5.91 Å². The van der Waals surface area contributed by atoms with Crippen LogP contribution >= 0.6 is 23.4 Å². The smallest absolute Gasteiger partial charge is 0.261 e. The van der Waals surface area contributed by atoms with Crippen molar-refractivity contribution in [3.8, 4) is 11.3 Å². The van der Waals surface area contributed by atoms with Gasteiger partial charge in [0, 0.05) is 41.1 Å². The van der Waals surface area contributed by atoms with Crippen LogP contribution in [0.1, 0.15) is 10.4 Å². The second-order valence-corrected chi connectivity index (χ2v) is 7.09. The summed E-state index contributed by atoms with van der Waals surface area (Å²) in [4.78, 5) is 18.1. The minimum atomic E-state index is -0.300. The highest BCUT2D eigenvalue weighted by Gasteiger charge is 2.19. The second-order valence-electron chi connectivity index (χ2n) is 5.81. The van der Waals surface area contributed by atoms with Gasteiger partial charge in [-0.3, -0.25) is 9.48 Å². The van der Waals surface area contributed by atoms with Crippen LogP contribution in [0.15, 0.2) is 53.9 Å². The van der Waals surface area contributed by atoms with Gasteiger partial charge >= 0.3 is 0 Å². The number of fused-ring (bicyclic) bond motifs is 1. The van der Waals surface area contributed by atoms with Crippen LogP contribution < -0.4 is 5.32 Å². The van der Waals surface area contributed by atoms with E-state index in [1.54, 1.807) is 52.7 Å². The molecule has 1 N–H and O–H groups in total. The number of aromatic nitrogens is 5. The molecule has 3 aromatic heterocycles. The number of rotatable bonds is 4. The molecule has 9 heteroatoms. The number of nitrogens with one attached hydrogen (secondary N) is 1. The number of amides is 1. The molecule has 0 radical (unpaired) electrons. The maximum atomic E-state index is 12.8. The van der Waals surface area contributed by atoms with Gasteiger partial charge in [-0.1, -0.05) is 11.6 Å². The van der Waals surface area contributed by atoms with Crippen LogP contribution in [0.2, 0.25) is 5.02 Å². The molecule has 0 saturated heterocycles. The third-order valence-electron chi connectivity index (χ3n) is 4.02. The normalized spacial score (nSPS) is 11.1. The fourth-order valence-electron chi connectivity index (χ4n) is 2.82. The molecule has 0 aliphatic heterocycles. The highest BCUT2D eigenvalue weighted by Crippen LogP contribution is 2.35. The van der Waals surface area contributed by atoms with Gasteiger partial charge in [0.2, 0.25) is 0 Å². The summed E-state index contributed by atoms with van der Waals surface area (Å²) in [6.45, 7) is 0. The Morgan fingerprint density at radius 2 is 2.19 bits per heavy atom. The molecule has 0 saturated carbocycles. The summed E-state index contributed by atoms with van der Waals surface area (Å²) in [5.74, 6) is -0.300. The van der Waals surface area contributed by atoms with Crippen LogP contribution in [0.25, 0.3) is 16.9 Å². The Balaban J connectivity index is 1.74. The zero-order valence-electron chi connectivity index (χ0n) is 14.5. The number of thioether (sulfide) groups is 1. The quantitative estimate of drug-likeness (QED) is 0.529. The van der Waals surface area contributed by atoms with Crippen LogP contribution in [0.4, 0.5) is 5.69 Å². The molecule has 0 unspecified atom stereocenters. The van der Waals surface area contributed by atoms with Crippen molar-refractivity contribution < 1.29 is 4.79 Å². The van der Waals surface area contributed by atoms with Crippen molar-refractivity contribution in [3.05, 3.63) is 59.6 Å². The third-order valence-corrected chi connectivity index (χ3v) is 5.05. The number of anilines is 1. The van der Waals surface area contributed by atoms with Crippen molar-refractivity contribution in [2.24, 2.45) is 7.05 Å². The van der Waals surface area contributed by atoms with Gasteiger partial charge in [-0.25, -0.2) is 9.50 Å². The molecular formula is C18H15ClN6OS. The van der Waals surface area contributed by atoms with E-state index in [4.69, 9.17) is 11.6 Å². The first kappa shape index (κ1) is 17.6. The van der Waals surface area contributed by atoms with Gasteiger partial charge in [0.25, 0.3) is 5.91 Å². The zero-order chi connectivity index (χ0) is 19.0. The predicted octanol–water partition coefficient (Wildman–Crippen LogP) is 3.76. The fraction of sp³-hybridized carbons (Fsp3) is 0.111. The summed E-state index contributed by atoms with van der Waals surface area (Å²) >= 11 is 7.78. The predicted molar refractivity (Wildman–Crippen MR) is 106 cm³/mol. The van der Waals surface area contributed by atoms with E-state index in [1.165, 1.54) is 6.20 Å². The van der Waals surface area contributed by atoms with E-state index in [0.717, 1.165) is 10.5 Å². The second kappa shape index (κ2) is 7.05. The monoisotopic (exact) mass is 398 g/mol. The average molecular weight is 399 g/mol. The Bertz CT molecular complexity index is 1150. The van der Waals surface area contributed by atoms with Crippen molar-refractivity contribution in [1.29, 1.82) is 0 Å². The summed E-state index contributed by atoms with van der Waals surface area (Å²) in [7, 11) is 1.80. The first-order valence-corrected chi connectivity index (χ1v) is 9.64. The average Bonchev–Trinajstić information content (AvgIpc) is 3.25. The Morgan fingerprint density at radius 1 is 1.33 bits per heavy atom. The zero-order valence-corrected chi connectivity index (χ0v) is 16.1. The number of halogens is 1. The molecule has 136 valence electrons. The molecular weight excluding hydrogens is 384 g/mol. The molecule has 3 heterocycles. The molecule has 0 spiro atoms. The summed E-state index contributed by atoms with van der Waals surface area (Å²) in [5, 5.41) is 12.2. The highest BCUT2D eigenvalue weighted by atomic mass is 35.5. The molecule has 0 bridgehead atoms. The lowest BCUT2D eigenvalue weighted by Gasteiger charge is -2.09. The minimum absolute atomic E-state index is 0.300. The van der Waals surface area contributed by atoms with Gasteiger partial charge in [-0.2, -0.15) is 10.2 Å². The standard InChI is InChI=1S/C18H15ClN6OS/c1-24-10-14(16(23-24)12-8-11(19)4-5-15(12)27-2)22-18(26)13-9-21-25-7-3-6-20-17(13)25/h3-10H,1-2H3,(H,22,26). The van der Waals surface area contributed by atoms with Crippen molar-refractivity contribution in [1.82, 2.24) is 24.4 Å². The third kappa shape index (κ3) is 3.29. The summed E-state index contributed by atoms with van der Waals surface area (Å²) in [5.41, 5.74) is 3.00. The van der Waals surface area contributed by atoms with Crippen LogP contribution in [0, 0.1) is 0 Å². The minimum Gasteiger partial charge on any atom is -0.319 e. The lowest BCUT2D eigenvalue weighted by molar-refractivity contribution is 0.102. The van der Waals surface area contributed by atoms with Crippen molar-refractivity contribution >= 4 is 40.6 Å². The van der Waals surface area contributed by atoms with Gasteiger partial charge in [0.1, 0.15) is 11.3 Å². The van der Waals surface area contributed by atoms with E-state index in [2.05, 4.69) is 20.5 Å². The highest BCUT2D eigenvalue weighted by molar-refractivity contribution is 7.98. The van der Waals surface area contributed by atoms with E-state index < -0.39 is 0 Å². The van der Waals surface area contributed by atoms with E-state index in [9.17, 15) is 4.79 Å². The number of carbonyl (C=O) groups is 1. The number of nitrogens with zero attached hydrogens (tertiary/aromatic N) is 5. The van der Waals surface area contributed by atoms with Gasteiger partial charge < -0.3 is 5.32 Å². The Labute approximate surface area is 164 Å². The molecule has 7 nitrogen and oxygen atoms in total. The summed E-state index contributed by atoms with van der Waals surface area (Å²) in [6, 6.07) is 7.38. The van der Waals surface area contributed by atoms with E-state index in [0.29, 0.717) is 27.6 Å². The molecule has 0 aliphatic carbocycles. The van der Waals surface area contributed by atoms with Crippen LogP contribution in [0.3, 0.4) is 0 Å². The topological polar surface area (TPSA) is 77.1 Å². The largest absolute Gasteiger partial charge is 0.319 e. The number of hydrogen-bond acceptors (Lipinski definition) is 5. The molecule has 4 rings (SSSR count). The van der Waals surface area contributed by atoms with Gasteiger partial charge in [-0.15, -0.1) is 11.8 Å². The van der Waals surface area contributed by atoms with Crippen molar-refractivity contribution in [3.63, 3.8) is 0 Å². The molecule has 27 heavy (non-hydrogen) atoms.